The second kappa shape index (κ2) is 9.55. The molecule has 0 saturated heterocycles. The number of ether oxygens (including phenoxy) is 2. The zero-order valence-electron chi connectivity index (χ0n) is 16.4. The third-order valence-corrected chi connectivity index (χ3v) is 4.30. The number of carbonyl (C=O) groups excluding carboxylic acids is 2. The smallest absolute Gasteiger partial charge is 0.339 e. The van der Waals surface area contributed by atoms with Crippen molar-refractivity contribution in [1.29, 1.82) is 0 Å². The Morgan fingerprint density at radius 3 is 2.24 bits per heavy atom. The number of hydrogen-bond donors (Lipinski definition) is 1. The number of amides is 1. The van der Waals surface area contributed by atoms with Gasteiger partial charge in [0.2, 0.25) is 6.10 Å². The minimum absolute atomic E-state index is 0.388. The Kier molecular flexibility index (Phi) is 6.63. The largest absolute Gasteiger partial charge is 0.492 e. The van der Waals surface area contributed by atoms with Crippen LogP contribution in [0.15, 0.2) is 78.9 Å². The summed E-state index contributed by atoms with van der Waals surface area (Å²) in [7, 11) is 0. The molecule has 148 valence electrons. The van der Waals surface area contributed by atoms with Gasteiger partial charge in [0.05, 0.1) is 17.9 Å². The van der Waals surface area contributed by atoms with Crippen LogP contribution in [0, 0.1) is 6.92 Å². The van der Waals surface area contributed by atoms with Crippen molar-refractivity contribution >= 4 is 17.6 Å². The number of para-hydroxylation sites is 2. The molecule has 0 spiro atoms. The third kappa shape index (κ3) is 5.23. The zero-order valence-corrected chi connectivity index (χ0v) is 16.4. The number of nitrogens with one attached hydrogen (secondary N) is 1. The first-order chi connectivity index (χ1) is 14.1. The summed E-state index contributed by atoms with van der Waals surface area (Å²) in [5.41, 5.74) is 2.52. The average molecular weight is 389 g/mol. The highest BCUT2D eigenvalue weighted by Crippen LogP contribution is 2.27. The lowest BCUT2D eigenvalue weighted by Crippen LogP contribution is -2.26. The highest BCUT2D eigenvalue weighted by molar-refractivity contribution is 5.99. The van der Waals surface area contributed by atoms with Crippen LogP contribution in [0.1, 0.15) is 34.5 Å². The molecule has 3 aromatic carbocycles. The molecule has 1 amide bonds. The van der Waals surface area contributed by atoms with E-state index in [1.165, 1.54) is 0 Å². The SMILES string of the molecule is CCOc1ccccc1NC(=O)C(OC(=O)c1ccc(C)cc1)c1ccccc1. The van der Waals surface area contributed by atoms with Crippen molar-refractivity contribution in [3.05, 3.63) is 95.6 Å². The molecule has 1 atom stereocenters. The van der Waals surface area contributed by atoms with Gasteiger partial charge in [-0.1, -0.05) is 60.2 Å². The Morgan fingerprint density at radius 2 is 1.55 bits per heavy atom. The minimum atomic E-state index is -1.10. The average Bonchev–Trinajstić information content (AvgIpc) is 2.74. The van der Waals surface area contributed by atoms with Crippen LogP contribution in [0.3, 0.4) is 0 Å². The fraction of sp³-hybridized carbons (Fsp3) is 0.167. The van der Waals surface area contributed by atoms with Crippen LogP contribution in [0.2, 0.25) is 0 Å². The van der Waals surface area contributed by atoms with Crippen molar-refractivity contribution in [3.8, 4) is 5.75 Å². The molecule has 1 unspecified atom stereocenters. The number of esters is 1. The lowest BCUT2D eigenvalue weighted by Gasteiger charge is -2.19. The highest BCUT2D eigenvalue weighted by Gasteiger charge is 2.26. The van der Waals surface area contributed by atoms with Crippen LogP contribution in [0.4, 0.5) is 5.69 Å². The van der Waals surface area contributed by atoms with Gasteiger partial charge in [-0.3, -0.25) is 4.79 Å². The van der Waals surface area contributed by atoms with E-state index in [1.807, 2.05) is 38.1 Å². The number of benzene rings is 3. The molecule has 0 radical (unpaired) electrons. The van der Waals surface area contributed by atoms with E-state index in [-0.39, 0.29) is 0 Å². The maximum absolute atomic E-state index is 13.0. The van der Waals surface area contributed by atoms with Crippen LogP contribution < -0.4 is 10.1 Å². The van der Waals surface area contributed by atoms with Gasteiger partial charge in [0, 0.05) is 5.56 Å². The molecular weight excluding hydrogens is 366 g/mol. The van der Waals surface area contributed by atoms with Crippen molar-refractivity contribution in [2.24, 2.45) is 0 Å². The Morgan fingerprint density at radius 1 is 0.897 bits per heavy atom. The lowest BCUT2D eigenvalue weighted by atomic mass is 10.1. The van der Waals surface area contributed by atoms with E-state index in [4.69, 9.17) is 9.47 Å². The topological polar surface area (TPSA) is 64.6 Å². The van der Waals surface area contributed by atoms with Gasteiger partial charge in [-0.05, 0) is 38.1 Å². The van der Waals surface area contributed by atoms with Crippen molar-refractivity contribution in [3.63, 3.8) is 0 Å². The van der Waals surface area contributed by atoms with Crippen molar-refractivity contribution in [1.82, 2.24) is 0 Å². The van der Waals surface area contributed by atoms with Gasteiger partial charge in [-0.25, -0.2) is 4.79 Å². The van der Waals surface area contributed by atoms with Gasteiger partial charge in [0.15, 0.2) is 0 Å². The normalized spacial score (nSPS) is 11.4. The van der Waals surface area contributed by atoms with Gasteiger partial charge in [-0.15, -0.1) is 0 Å². The maximum atomic E-state index is 13.0. The van der Waals surface area contributed by atoms with Crippen LogP contribution in [0.5, 0.6) is 5.75 Å². The molecule has 0 aliphatic carbocycles. The van der Waals surface area contributed by atoms with E-state index < -0.39 is 18.0 Å². The molecule has 3 rings (SSSR count). The molecule has 5 nitrogen and oxygen atoms in total. The first-order valence-corrected chi connectivity index (χ1v) is 9.43. The fourth-order valence-corrected chi connectivity index (χ4v) is 2.82. The molecule has 1 N–H and O–H groups in total. The Labute approximate surface area is 170 Å². The second-order valence-corrected chi connectivity index (χ2v) is 6.48. The molecule has 0 saturated carbocycles. The van der Waals surface area contributed by atoms with E-state index in [0.29, 0.717) is 29.2 Å². The summed E-state index contributed by atoms with van der Waals surface area (Å²) in [6.45, 7) is 4.28. The molecule has 0 aromatic heterocycles. The van der Waals surface area contributed by atoms with Crippen molar-refractivity contribution in [2.45, 2.75) is 20.0 Å². The predicted octanol–water partition coefficient (Wildman–Crippen LogP) is 4.93. The van der Waals surface area contributed by atoms with Crippen LogP contribution in [-0.2, 0) is 9.53 Å². The molecule has 0 fully saturated rings. The summed E-state index contributed by atoms with van der Waals surface area (Å²) < 4.78 is 11.2. The number of aryl methyl sites for hydroxylation is 1. The summed E-state index contributed by atoms with van der Waals surface area (Å²) in [4.78, 5) is 25.7. The van der Waals surface area contributed by atoms with Crippen LogP contribution in [0.25, 0.3) is 0 Å². The number of rotatable bonds is 7. The second-order valence-electron chi connectivity index (χ2n) is 6.48. The fourth-order valence-electron chi connectivity index (χ4n) is 2.82. The van der Waals surface area contributed by atoms with Gasteiger partial charge < -0.3 is 14.8 Å². The van der Waals surface area contributed by atoms with E-state index in [2.05, 4.69) is 5.32 Å². The predicted molar refractivity (Wildman–Crippen MR) is 112 cm³/mol. The Balaban J connectivity index is 1.85. The molecule has 29 heavy (non-hydrogen) atoms. The van der Waals surface area contributed by atoms with Gasteiger partial charge in [0.1, 0.15) is 5.75 Å². The van der Waals surface area contributed by atoms with E-state index in [1.54, 1.807) is 54.6 Å². The lowest BCUT2D eigenvalue weighted by molar-refractivity contribution is -0.125. The minimum Gasteiger partial charge on any atom is -0.492 e. The summed E-state index contributed by atoms with van der Waals surface area (Å²) in [6.07, 6.45) is -1.10. The Hall–Kier alpha value is -3.60. The van der Waals surface area contributed by atoms with Crippen molar-refractivity contribution in [2.75, 3.05) is 11.9 Å². The molecule has 3 aromatic rings. The highest BCUT2D eigenvalue weighted by atomic mass is 16.5. The van der Waals surface area contributed by atoms with Crippen molar-refractivity contribution < 1.29 is 19.1 Å². The summed E-state index contributed by atoms with van der Waals surface area (Å²) in [6, 6.07) is 23.1. The summed E-state index contributed by atoms with van der Waals surface area (Å²) in [5, 5.41) is 2.82. The van der Waals surface area contributed by atoms with E-state index in [9.17, 15) is 9.59 Å². The standard InChI is InChI=1S/C24H23NO4/c1-3-28-21-12-8-7-11-20(21)25-23(26)22(18-9-5-4-6-10-18)29-24(27)19-15-13-17(2)14-16-19/h4-16,22H,3H2,1-2H3,(H,25,26). The van der Waals surface area contributed by atoms with E-state index in [0.717, 1.165) is 5.56 Å². The molecule has 0 heterocycles. The van der Waals surface area contributed by atoms with Gasteiger partial charge >= 0.3 is 5.97 Å². The van der Waals surface area contributed by atoms with Gasteiger partial charge in [-0.2, -0.15) is 0 Å². The van der Waals surface area contributed by atoms with Gasteiger partial charge in [0.25, 0.3) is 5.91 Å². The summed E-state index contributed by atoms with van der Waals surface area (Å²) in [5.74, 6) is -0.462. The number of carbonyl (C=O) groups is 2. The van der Waals surface area contributed by atoms with Crippen LogP contribution in [-0.4, -0.2) is 18.5 Å². The van der Waals surface area contributed by atoms with Crippen LogP contribution >= 0.6 is 0 Å². The zero-order chi connectivity index (χ0) is 20.6. The number of hydrogen-bond acceptors (Lipinski definition) is 4. The molecule has 0 bridgehead atoms. The first-order valence-electron chi connectivity index (χ1n) is 9.43. The van der Waals surface area contributed by atoms with E-state index >= 15 is 0 Å². The Bertz CT molecular complexity index is 968. The third-order valence-electron chi connectivity index (χ3n) is 4.30. The monoisotopic (exact) mass is 389 g/mol. The maximum Gasteiger partial charge on any atom is 0.339 e. The molecule has 0 aliphatic heterocycles. The molecule has 0 aliphatic rings. The molecule has 5 heteroatoms. The molecular formula is C24H23NO4. The summed E-state index contributed by atoms with van der Waals surface area (Å²) >= 11 is 0. The quantitative estimate of drug-likeness (QED) is 0.582. The first kappa shape index (κ1) is 20.1. The number of anilines is 1.